The second kappa shape index (κ2) is 11.1. The van der Waals surface area contributed by atoms with Crippen molar-refractivity contribution in [1.82, 2.24) is 4.90 Å². The molecule has 0 unspecified atom stereocenters. The highest BCUT2D eigenvalue weighted by Crippen LogP contribution is 2.33. The number of piperidine rings is 1. The lowest BCUT2D eigenvalue weighted by Gasteiger charge is -2.30. The molecule has 4 rings (SSSR count). The molecule has 7 nitrogen and oxygen atoms in total. The average molecular weight is 466 g/mol. The number of rotatable bonds is 8. The van der Waals surface area contributed by atoms with Crippen LogP contribution in [-0.4, -0.2) is 56.6 Å². The summed E-state index contributed by atoms with van der Waals surface area (Å²) in [5.41, 5.74) is 1.49. The summed E-state index contributed by atoms with van der Waals surface area (Å²) in [6.45, 7) is 4.79. The van der Waals surface area contributed by atoms with Crippen LogP contribution in [0.3, 0.4) is 0 Å². The minimum absolute atomic E-state index is 0.0597. The smallest absolute Gasteiger partial charge is 0.246 e. The van der Waals surface area contributed by atoms with Crippen molar-refractivity contribution in [3.8, 4) is 23.0 Å². The van der Waals surface area contributed by atoms with E-state index in [2.05, 4.69) is 0 Å². The Morgan fingerprint density at radius 2 is 1.79 bits per heavy atom. The highest BCUT2D eigenvalue weighted by atomic mass is 16.6. The van der Waals surface area contributed by atoms with Gasteiger partial charge in [-0.05, 0) is 61.2 Å². The number of methoxy groups -OCH3 is 1. The van der Waals surface area contributed by atoms with Gasteiger partial charge in [-0.1, -0.05) is 13.0 Å². The standard InChI is InChI=1S/C27H31NO6/c1-3-14-32-22-7-4-19(17-24(22)31-2)5-9-26(29)28-12-10-20(11-13-28)27(30)21-6-8-23-25(18-21)34-16-15-33-23/h4-9,17-18,20H,3,10-16H2,1-2H3/b9-5+. The Morgan fingerprint density at radius 3 is 2.53 bits per heavy atom. The zero-order valence-electron chi connectivity index (χ0n) is 19.7. The molecule has 0 radical (unpaired) electrons. The molecule has 1 fully saturated rings. The predicted octanol–water partition coefficient (Wildman–Crippen LogP) is 4.39. The minimum atomic E-state index is -0.101. The number of hydrogen-bond acceptors (Lipinski definition) is 6. The van der Waals surface area contributed by atoms with E-state index >= 15 is 0 Å². The highest BCUT2D eigenvalue weighted by Gasteiger charge is 2.28. The summed E-state index contributed by atoms with van der Waals surface area (Å²) in [6, 6.07) is 11.0. The minimum Gasteiger partial charge on any atom is -0.493 e. The number of nitrogens with zero attached hydrogens (tertiary/aromatic N) is 1. The van der Waals surface area contributed by atoms with E-state index in [-0.39, 0.29) is 17.6 Å². The number of amides is 1. The van der Waals surface area contributed by atoms with E-state index in [4.69, 9.17) is 18.9 Å². The van der Waals surface area contributed by atoms with E-state index in [1.165, 1.54) is 0 Å². The van der Waals surface area contributed by atoms with E-state index in [9.17, 15) is 9.59 Å². The summed E-state index contributed by atoms with van der Waals surface area (Å²) in [5.74, 6) is 2.56. The first kappa shape index (κ1) is 23.7. The maximum atomic E-state index is 13.0. The summed E-state index contributed by atoms with van der Waals surface area (Å²) in [6.07, 6.45) is 5.55. The molecule has 0 aliphatic carbocycles. The SMILES string of the molecule is CCCOc1ccc(/C=C/C(=O)N2CCC(C(=O)c3ccc4c(c3)OCCO4)CC2)cc1OC. The van der Waals surface area contributed by atoms with Gasteiger partial charge in [-0.15, -0.1) is 0 Å². The summed E-state index contributed by atoms with van der Waals surface area (Å²) >= 11 is 0. The summed E-state index contributed by atoms with van der Waals surface area (Å²) in [5, 5.41) is 0. The van der Waals surface area contributed by atoms with Gasteiger partial charge in [0.1, 0.15) is 13.2 Å². The van der Waals surface area contributed by atoms with Gasteiger partial charge < -0.3 is 23.8 Å². The average Bonchev–Trinajstić information content (AvgIpc) is 2.90. The van der Waals surface area contributed by atoms with E-state index in [1.807, 2.05) is 25.1 Å². The second-order valence-electron chi connectivity index (χ2n) is 8.41. The van der Waals surface area contributed by atoms with Gasteiger partial charge in [-0.2, -0.15) is 0 Å². The predicted molar refractivity (Wildman–Crippen MR) is 129 cm³/mol. The molecule has 0 saturated carbocycles. The van der Waals surface area contributed by atoms with E-state index in [1.54, 1.807) is 42.4 Å². The van der Waals surface area contributed by atoms with Crippen molar-refractivity contribution in [2.24, 2.45) is 5.92 Å². The fourth-order valence-corrected chi connectivity index (χ4v) is 4.19. The number of benzene rings is 2. The lowest BCUT2D eigenvalue weighted by molar-refractivity contribution is -0.127. The Hall–Kier alpha value is -3.48. The Bertz CT molecular complexity index is 1060. The van der Waals surface area contributed by atoms with Crippen molar-refractivity contribution in [3.63, 3.8) is 0 Å². The van der Waals surface area contributed by atoms with Crippen molar-refractivity contribution >= 4 is 17.8 Å². The zero-order chi connectivity index (χ0) is 23.9. The molecule has 180 valence electrons. The van der Waals surface area contributed by atoms with E-state index in [0.717, 1.165) is 12.0 Å². The molecule has 0 bridgehead atoms. The molecular weight excluding hydrogens is 434 g/mol. The molecule has 2 aromatic rings. The summed E-state index contributed by atoms with van der Waals surface area (Å²) < 4.78 is 22.2. The topological polar surface area (TPSA) is 74.3 Å². The fraction of sp³-hybridized carbons (Fsp3) is 0.407. The van der Waals surface area contributed by atoms with Gasteiger partial charge in [0.2, 0.25) is 5.91 Å². The molecule has 2 aromatic carbocycles. The first-order chi connectivity index (χ1) is 16.6. The number of likely N-dealkylation sites (tertiary alicyclic amines) is 1. The summed E-state index contributed by atoms with van der Waals surface area (Å²) in [4.78, 5) is 27.5. The van der Waals surface area contributed by atoms with Gasteiger partial charge in [0.15, 0.2) is 28.8 Å². The third-order valence-electron chi connectivity index (χ3n) is 6.07. The van der Waals surface area contributed by atoms with Crippen molar-refractivity contribution in [1.29, 1.82) is 0 Å². The van der Waals surface area contributed by atoms with Gasteiger partial charge in [-0.25, -0.2) is 0 Å². The molecule has 2 aliphatic rings. The Kier molecular flexibility index (Phi) is 7.72. The largest absolute Gasteiger partial charge is 0.493 e. The van der Waals surface area contributed by atoms with Crippen LogP contribution in [0.4, 0.5) is 0 Å². The van der Waals surface area contributed by atoms with Crippen LogP contribution in [0.1, 0.15) is 42.1 Å². The molecule has 1 saturated heterocycles. The maximum Gasteiger partial charge on any atom is 0.246 e. The first-order valence-electron chi connectivity index (χ1n) is 11.8. The Morgan fingerprint density at radius 1 is 1.03 bits per heavy atom. The van der Waals surface area contributed by atoms with Crippen LogP contribution < -0.4 is 18.9 Å². The van der Waals surface area contributed by atoms with Crippen LogP contribution in [-0.2, 0) is 4.79 Å². The number of fused-ring (bicyclic) bond motifs is 1. The van der Waals surface area contributed by atoms with Gasteiger partial charge in [0.25, 0.3) is 0 Å². The Labute approximate surface area is 200 Å². The van der Waals surface area contributed by atoms with Crippen molar-refractivity contribution in [3.05, 3.63) is 53.6 Å². The van der Waals surface area contributed by atoms with Gasteiger partial charge in [-0.3, -0.25) is 9.59 Å². The Balaban J connectivity index is 1.32. The number of carbonyl (C=O) groups is 2. The van der Waals surface area contributed by atoms with Crippen molar-refractivity contribution < 1.29 is 28.5 Å². The second-order valence-corrected chi connectivity index (χ2v) is 8.41. The molecule has 0 N–H and O–H groups in total. The number of Topliss-reactive ketones (excluding diaryl/α,β-unsaturated/α-hetero) is 1. The number of hydrogen-bond donors (Lipinski definition) is 0. The molecule has 34 heavy (non-hydrogen) atoms. The lowest BCUT2D eigenvalue weighted by atomic mass is 9.88. The molecule has 2 heterocycles. The van der Waals surface area contributed by atoms with E-state index in [0.29, 0.717) is 74.3 Å². The third kappa shape index (κ3) is 5.53. The zero-order valence-corrected chi connectivity index (χ0v) is 19.7. The monoisotopic (exact) mass is 465 g/mol. The van der Waals surface area contributed by atoms with Crippen molar-refractivity contribution in [2.75, 3.05) is 40.0 Å². The van der Waals surface area contributed by atoms with Crippen LogP contribution in [0, 0.1) is 5.92 Å². The molecule has 1 amide bonds. The fourth-order valence-electron chi connectivity index (χ4n) is 4.19. The first-order valence-corrected chi connectivity index (χ1v) is 11.8. The highest BCUT2D eigenvalue weighted by molar-refractivity contribution is 5.99. The third-order valence-corrected chi connectivity index (χ3v) is 6.07. The molecule has 0 aromatic heterocycles. The van der Waals surface area contributed by atoms with E-state index < -0.39 is 0 Å². The van der Waals surface area contributed by atoms with Crippen LogP contribution in [0.2, 0.25) is 0 Å². The van der Waals surface area contributed by atoms with Crippen LogP contribution >= 0.6 is 0 Å². The molecule has 0 spiro atoms. The lowest BCUT2D eigenvalue weighted by Crippen LogP contribution is -2.39. The number of ether oxygens (including phenoxy) is 4. The summed E-state index contributed by atoms with van der Waals surface area (Å²) in [7, 11) is 1.60. The molecule has 0 atom stereocenters. The van der Waals surface area contributed by atoms with Crippen molar-refractivity contribution in [2.45, 2.75) is 26.2 Å². The number of ketones is 1. The molecule has 2 aliphatic heterocycles. The van der Waals surface area contributed by atoms with Crippen LogP contribution in [0.5, 0.6) is 23.0 Å². The van der Waals surface area contributed by atoms with Gasteiger partial charge in [0.05, 0.1) is 13.7 Å². The maximum absolute atomic E-state index is 13.0. The normalized spacial score (nSPS) is 15.9. The number of carbonyl (C=O) groups excluding carboxylic acids is 2. The van der Waals surface area contributed by atoms with Crippen LogP contribution in [0.25, 0.3) is 6.08 Å². The van der Waals surface area contributed by atoms with Gasteiger partial charge >= 0.3 is 0 Å². The molecular formula is C27H31NO6. The quantitative estimate of drug-likeness (QED) is 0.425. The van der Waals surface area contributed by atoms with Crippen LogP contribution in [0.15, 0.2) is 42.5 Å². The molecule has 7 heteroatoms. The van der Waals surface area contributed by atoms with Gasteiger partial charge in [0, 0.05) is 30.6 Å².